The van der Waals surface area contributed by atoms with Gasteiger partial charge in [-0.05, 0) is 19.9 Å². The molecule has 0 heterocycles. The van der Waals surface area contributed by atoms with Crippen LogP contribution in [0.4, 0.5) is 10.5 Å². The Bertz CT molecular complexity index is 628. The van der Waals surface area contributed by atoms with Gasteiger partial charge in [-0.2, -0.15) is 0 Å². The number of nitro benzene ring substituents is 1. The molecule has 3 amide bonds. The van der Waals surface area contributed by atoms with Crippen LogP contribution in [0.5, 0.6) is 0 Å². The molecule has 0 bridgehead atoms. The van der Waals surface area contributed by atoms with Crippen LogP contribution in [0.1, 0.15) is 22.8 Å². The normalized spacial score (nSPS) is 11.2. The molecule has 0 fully saturated rings. The van der Waals surface area contributed by atoms with Gasteiger partial charge in [0.1, 0.15) is 0 Å². The van der Waals surface area contributed by atoms with Crippen molar-refractivity contribution >= 4 is 23.6 Å². The van der Waals surface area contributed by atoms with Crippen molar-refractivity contribution in [1.29, 1.82) is 0 Å². The first-order valence-corrected chi connectivity index (χ1v) is 6.25. The summed E-state index contributed by atoms with van der Waals surface area (Å²) in [6.07, 6.45) is -1.23. The molecular formula is C13H15N3O6. The highest BCUT2D eigenvalue weighted by molar-refractivity contribution is 5.99. The molecule has 118 valence electrons. The molecule has 1 rings (SSSR count). The number of carbonyl (C=O) groups excluding carboxylic acids is 3. The number of urea groups is 1. The Morgan fingerprint density at radius 1 is 1.32 bits per heavy atom. The number of esters is 1. The van der Waals surface area contributed by atoms with E-state index in [2.05, 4.69) is 5.32 Å². The van der Waals surface area contributed by atoms with Gasteiger partial charge in [0, 0.05) is 18.7 Å². The third-order valence-electron chi connectivity index (χ3n) is 2.84. The van der Waals surface area contributed by atoms with Crippen molar-refractivity contribution in [2.45, 2.75) is 20.0 Å². The number of rotatable bonds is 4. The summed E-state index contributed by atoms with van der Waals surface area (Å²) in [6, 6.07) is 3.22. The highest BCUT2D eigenvalue weighted by Crippen LogP contribution is 2.22. The summed E-state index contributed by atoms with van der Waals surface area (Å²) in [5.41, 5.74) is -0.109. The van der Waals surface area contributed by atoms with E-state index in [-0.39, 0.29) is 16.8 Å². The van der Waals surface area contributed by atoms with Crippen molar-refractivity contribution < 1.29 is 24.0 Å². The lowest BCUT2D eigenvalue weighted by molar-refractivity contribution is -0.385. The summed E-state index contributed by atoms with van der Waals surface area (Å²) in [5, 5.41) is 15.0. The van der Waals surface area contributed by atoms with Crippen LogP contribution >= 0.6 is 0 Å². The summed E-state index contributed by atoms with van der Waals surface area (Å²) >= 11 is 0. The van der Waals surface area contributed by atoms with Crippen molar-refractivity contribution in [1.82, 2.24) is 10.6 Å². The minimum absolute atomic E-state index is 0.0196. The van der Waals surface area contributed by atoms with Gasteiger partial charge < -0.3 is 10.1 Å². The Morgan fingerprint density at radius 3 is 2.50 bits per heavy atom. The molecule has 0 aliphatic rings. The van der Waals surface area contributed by atoms with Crippen LogP contribution < -0.4 is 10.6 Å². The van der Waals surface area contributed by atoms with Crippen molar-refractivity contribution in [3.8, 4) is 0 Å². The number of amides is 3. The third-order valence-corrected chi connectivity index (χ3v) is 2.84. The number of ether oxygens (including phenoxy) is 1. The van der Waals surface area contributed by atoms with E-state index in [0.29, 0.717) is 0 Å². The Balaban J connectivity index is 2.85. The van der Waals surface area contributed by atoms with E-state index >= 15 is 0 Å². The second kappa shape index (κ2) is 7.16. The standard InChI is InChI=1S/C13H15N3O6/c1-7-9(5-4-6-10(7)16(20)21)12(18)22-8(2)11(17)15-13(19)14-3/h4-6,8H,1-3H3,(H2,14,15,17,19)/t8-/m1/s1. The van der Waals surface area contributed by atoms with Crippen LogP contribution in [-0.2, 0) is 9.53 Å². The van der Waals surface area contributed by atoms with Crippen LogP contribution in [-0.4, -0.2) is 36.0 Å². The van der Waals surface area contributed by atoms with Crippen LogP contribution in [0.3, 0.4) is 0 Å². The fourth-order valence-electron chi connectivity index (χ4n) is 1.60. The molecule has 0 spiro atoms. The molecule has 1 aromatic rings. The summed E-state index contributed by atoms with van der Waals surface area (Å²) in [7, 11) is 1.33. The molecule has 0 aliphatic carbocycles. The first kappa shape index (κ1) is 17.1. The van der Waals surface area contributed by atoms with Crippen molar-refractivity contribution in [2.75, 3.05) is 7.05 Å². The molecule has 2 N–H and O–H groups in total. The highest BCUT2D eigenvalue weighted by Gasteiger charge is 2.24. The van der Waals surface area contributed by atoms with E-state index in [1.807, 2.05) is 5.32 Å². The number of carbonyl (C=O) groups is 3. The van der Waals surface area contributed by atoms with Crippen LogP contribution in [0.25, 0.3) is 0 Å². The maximum Gasteiger partial charge on any atom is 0.339 e. The minimum atomic E-state index is -1.23. The Labute approximate surface area is 125 Å². The summed E-state index contributed by atoms with van der Waals surface area (Å²) in [4.78, 5) is 44.8. The van der Waals surface area contributed by atoms with Crippen LogP contribution in [0.15, 0.2) is 18.2 Å². The van der Waals surface area contributed by atoms with E-state index in [9.17, 15) is 24.5 Å². The zero-order valence-electron chi connectivity index (χ0n) is 12.2. The minimum Gasteiger partial charge on any atom is -0.449 e. The SMILES string of the molecule is CNC(=O)NC(=O)[C@@H](C)OC(=O)c1cccc([N+](=O)[O-])c1C. The first-order chi connectivity index (χ1) is 10.3. The van der Waals surface area contributed by atoms with Gasteiger partial charge in [-0.3, -0.25) is 20.2 Å². The lowest BCUT2D eigenvalue weighted by Gasteiger charge is -2.13. The summed E-state index contributed by atoms with van der Waals surface area (Å²) in [6.45, 7) is 2.69. The fraction of sp³-hybridized carbons (Fsp3) is 0.308. The number of nitrogens with one attached hydrogen (secondary N) is 2. The Hall–Kier alpha value is -2.97. The van der Waals surface area contributed by atoms with Gasteiger partial charge in [-0.25, -0.2) is 9.59 Å². The average Bonchev–Trinajstić information content (AvgIpc) is 2.46. The van der Waals surface area contributed by atoms with Gasteiger partial charge in [0.05, 0.1) is 10.5 Å². The summed E-state index contributed by atoms with van der Waals surface area (Å²) in [5.74, 6) is -1.70. The van der Waals surface area contributed by atoms with Gasteiger partial charge in [0.15, 0.2) is 6.10 Å². The van der Waals surface area contributed by atoms with Gasteiger partial charge in [0.25, 0.3) is 11.6 Å². The quantitative estimate of drug-likeness (QED) is 0.483. The number of nitrogens with zero attached hydrogens (tertiary/aromatic N) is 1. The van der Waals surface area contributed by atoms with E-state index in [1.54, 1.807) is 0 Å². The van der Waals surface area contributed by atoms with E-state index in [4.69, 9.17) is 4.74 Å². The zero-order chi connectivity index (χ0) is 16.9. The maximum absolute atomic E-state index is 12.0. The Kier molecular flexibility index (Phi) is 5.56. The highest BCUT2D eigenvalue weighted by atomic mass is 16.6. The predicted octanol–water partition coefficient (Wildman–Crippen LogP) is 0.904. The molecule has 0 saturated heterocycles. The molecule has 0 unspecified atom stereocenters. The molecule has 0 aromatic heterocycles. The largest absolute Gasteiger partial charge is 0.449 e. The van der Waals surface area contributed by atoms with Crippen LogP contribution in [0.2, 0.25) is 0 Å². The predicted molar refractivity (Wildman–Crippen MR) is 75.3 cm³/mol. The van der Waals surface area contributed by atoms with E-state index in [0.717, 1.165) is 0 Å². The molecule has 1 aromatic carbocycles. The van der Waals surface area contributed by atoms with E-state index < -0.39 is 28.9 Å². The average molecular weight is 309 g/mol. The topological polar surface area (TPSA) is 128 Å². The lowest BCUT2D eigenvalue weighted by Crippen LogP contribution is -2.43. The molecule has 0 radical (unpaired) electrons. The molecule has 0 saturated carbocycles. The summed E-state index contributed by atoms with van der Waals surface area (Å²) < 4.78 is 4.91. The number of imide groups is 1. The fourth-order valence-corrected chi connectivity index (χ4v) is 1.60. The van der Waals surface area contributed by atoms with E-state index in [1.165, 1.54) is 39.1 Å². The van der Waals surface area contributed by atoms with Crippen molar-refractivity contribution in [2.24, 2.45) is 0 Å². The number of hydrogen-bond donors (Lipinski definition) is 2. The number of nitro groups is 1. The molecular weight excluding hydrogens is 294 g/mol. The van der Waals surface area contributed by atoms with Crippen molar-refractivity contribution in [3.05, 3.63) is 39.4 Å². The van der Waals surface area contributed by atoms with Gasteiger partial charge in [0.2, 0.25) is 0 Å². The zero-order valence-corrected chi connectivity index (χ0v) is 12.2. The van der Waals surface area contributed by atoms with Crippen molar-refractivity contribution in [3.63, 3.8) is 0 Å². The first-order valence-electron chi connectivity index (χ1n) is 6.25. The lowest BCUT2D eigenvalue weighted by atomic mass is 10.1. The van der Waals surface area contributed by atoms with Gasteiger partial charge in [-0.15, -0.1) is 0 Å². The van der Waals surface area contributed by atoms with Crippen LogP contribution in [0, 0.1) is 17.0 Å². The molecule has 0 aliphatic heterocycles. The second-order valence-electron chi connectivity index (χ2n) is 4.32. The van der Waals surface area contributed by atoms with Gasteiger partial charge >= 0.3 is 12.0 Å². The number of benzene rings is 1. The monoisotopic (exact) mass is 309 g/mol. The third kappa shape index (κ3) is 4.01. The molecule has 9 heteroatoms. The second-order valence-corrected chi connectivity index (χ2v) is 4.32. The number of hydrogen-bond acceptors (Lipinski definition) is 6. The Morgan fingerprint density at radius 2 is 1.95 bits per heavy atom. The maximum atomic E-state index is 12.0. The smallest absolute Gasteiger partial charge is 0.339 e. The molecule has 9 nitrogen and oxygen atoms in total. The van der Waals surface area contributed by atoms with Gasteiger partial charge in [-0.1, -0.05) is 6.07 Å². The molecule has 1 atom stereocenters. The molecule has 22 heavy (non-hydrogen) atoms.